The van der Waals surface area contributed by atoms with Gasteiger partial charge in [-0.2, -0.15) is 0 Å². The van der Waals surface area contributed by atoms with Crippen LogP contribution in [-0.4, -0.2) is 18.9 Å². The lowest BCUT2D eigenvalue weighted by Gasteiger charge is -2.30. The average molecular weight is 272 g/mol. The molecule has 0 saturated heterocycles. The van der Waals surface area contributed by atoms with Crippen molar-refractivity contribution in [1.82, 2.24) is 0 Å². The van der Waals surface area contributed by atoms with Gasteiger partial charge in [-0.15, -0.1) is 0 Å². The molecule has 1 aromatic rings. The van der Waals surface area contributed by atoms with Crippen molar-refractivity contribution < 1.29 is 8.85 Å². The summed E-state index contributed by atoms with van der Waals surface area (Å²) in [5.41, 5.74) is 1.09. The number of allylic oxidation sites excluding steroid dienone is 1. The Morgan fingerprint density at radius 2 is 2.35 bits per heavy atom. The van der Waals surface area contributed by atoms with Crippen molar-refractivity contribution in [3.05, 3.63) is 59.8 Å². The first-order valence-corrected chi connectivity index (χ1v) is 6.92. The Hall–Kier alpha value is -1.67. The van der Waals surface area contributed by atoms with Crippen LogP contribution in [-0.2, 0) is 4.74 Å². The summed E-state index contributed by atoms with van der Waals surface area (Å²) < 4.78 is 28.3. The van der Waals surface area contributed by atoms with Gasteiger partial charge in [0.05, 0.1) is 14.0 Å². The van der Waals surface area contributed by atoms with E-state index in [9.17, 15) is 0 Å². The van der Waals surface area contributed by atoms with Crippen LogP contribution >= 0.6 is 0 Å². The number of benzene rings is 1. The average Bonchev–Trinajstić information content (AvgIpc) is 2.58. The predicted molar refractivity (Wildman–Crippen MR) is 85.1 cm³/mol. The Morgan fingerprint density at radius 3 is 3.05 bits per heavy atom. The summed E-state index contributed by atoms with van der Waals surface area (Å²) in [6, 6.07) is 9.44. The smallest absolute Gasteiger partial charge is 0.0897 e. The number of hydrogen-bond acceptors (Lipinski definition) is 2. The highest BCUT2D eigenvalue weighted by Crippen LogP contribution is 2.29. The van der Waals surface area contributed by atoms with E-state index in [0.29, 0.717) is 13.3 Å². The summed E-state index contributed by atoms with van der Waals surface area (Å²) in [6.45, 7) is 0.422. The quantitative estimate of drug-likeness (QED) is 0.551. The standard InChI is InChI=1S/C18H23NO/c1-3-4-12-18(20-2)13-10-17(11-14-18)19-15-16-8-6-5-7-9-16/h5-11,13,15H,3-4,12,14H2,1-2H3/i1D,2D,15D. The van der Waals surface area contributed by atoms with E-state index < -0.39 is 5.60 Å². The van der Waals surface area contributed by atoms with E-state index in [4.69, 9.17) is 8.85 Å². The van der Waals surface area contributed by atoms with E-state index in [-0.39, 0.29) is 13.3 Å². The second-order valence-corrected chi connectivity index (χ2v) is 4.92. The van der Waals surface area contributed by atoms with E-state index in [0.717, 1.165) is 30.5 Å². The minimum absolute atomic E-state index is 0.0780. The van der Waals surface area contributed by atoms with Gasteiger partial charge in [0.25, 0.3) is 0 Å². The first-order chi connectivity index (χ1) is 11.2. The molecule has 0 saturated carbocycles. The van der Waals surface area contributed by atoms with Gasteiger partial charge in [-0.05, 0) is 18.1 Å². The van der Waals surface area contributed by atoms with Crippen LogP contribution in [0.3, 0.4) is 0 Å². The maximum absolute atomic E-state index is 8.06. The Balaban J connectivity index is 2.05. The number of hydrogen-bond donors (Lipinski definition) is 0. The molecule has 0 bridgehead atoms. The molecule has 1 aliphatic rings. The van der Waals surface area contributed by atoms with Crippen LogP contribution in [0.15, 0.2) is 59.2 Å². The highest BCUT2D eigenvalue weighted by molar-refractivity contribution is 5.80. The summed E-state index contributed by atoms with van der Waals surface area (Å²) in [6.07, 6.45) is 9.26. The maximum atomic E-state index is 8.06. The predicted octanol–water partition coefficient (Wildman–Crippen LogP) is 4.52. The van der Waals surface area contributed by atoms with Gasteiger partial charge in [0.2, 0.25) is 0 Å². The Kier molecular flexibility index (Phi) is 3.98. The van der Waals surface area contributed by atoms with E-state index in [1.165, 1.54) is 0 Å². The molecule has 2 rings (SSSR count). The third kappa shape index (κ3) is 3.91. The van der Waals surface area contributed by atoms with Gasteiger partial charge in [-0.1, -0.05) is 62.2 Å². The third-order valence-electron chi connectivity index (χ3n) is 3.44. The maximum Gasteiger partial charge on any atom is 0.0897 e. The van der Waals surface area contributed by atoms with Gasteiger partial charge in [0, 0.05) is 21.1 Å². The summed E-state index contributed by atoms with van der Waals surface area (Å²) in [5, 5.41) is 0. The van der Waals surface area contributed by atoms with E-state index in [1.807, 2.05) is 48.6 Å². The summed E-state index contributed by atoms with van der Waals surface area (Å²) in [4.78, 5) is 4.35. The fraction of sp³-hybridized carbons (Fsp3) is 0.389. The molecule has 2 heteroatoms. The van der Waals surface area contributed by atoms with Gasteiger partial charge in [0.1, 0.15) is 0 Å². The molecular weight excluding hydrogens is 246 g/mol. The lowest BCUT2D eigenvalue weighted by atomic mass is 9.89. The Morgan fingerprint density at radius 1 is 1.45 bits per heavy atom. The molecule has 0 amide bonds. The van der Waals surface area contributed by atoms with Crippen molar-refractivity contribution in [2.45, 2.75) is 38.2 Å². The highest BCUT2D eigenvalue weighted by Gasteiger charge is 2.26. The lowest BCUT2D eigenvalue weighted by molar-refractivity contribution is 0.0245. The van der Waals surface area contributed by atoms with Crippen molar-refractivity contribution in [1.29, 1.82) is 0 Å². The second-order valence-electron chi connectivity index (χ2n) is 4.92. The minimum atomic E-state index is -0.453. The molecule has 0 fully saturated rings. The molecular formula is C18H23NO. The number of aliphatic imine (C=N–C) groups is 1. The van der Waals surface area contributed by atoms with Crippen LogP contribution in [0.5, 0.6) is 0 Å². The summed E-state index contributed by atoms with van der Waals surface area (Å²) in [7, 11) is -0.0780. The van der Waals surface area contributed by atoms with Crippen LogP contribution in [0, 0.1) is 0 Å². The van der Waals surface area contributed by atoms with E-state index >= 15 is 0 Å². The molecule has 106 valence electrons. The fourth-order valence-electron chi connectivity index (χ4n) is 2.16. The molecule has 2 nitrogen and oxygen atoms in total. The minimum Gasteiger partial charge on any atom is -0.374 e. The number of methoxy groups -OCH3 is 1. The summed E-state index contributed by atoms with van der Waals surface area (Å²) in [5.74, 6) is 0. The molecule has 1 aliphatic carbocycles. The summed E-state index contributed by atoms with van der Waals surface area (Å²) >= 11 is 0. The fourth-order valence-corrected chi connectivity index (χ4v) is 2.16. The normalized spacial score (nSPS) is 24.7. The van der Waals surface area contributed by atoms with Gasteiger partial charge in [0.15, 0.2) is 0 Å². The molecule has 0 N–H and O–H groups in total. The molecule has 1 aromatic carbocycles. The number of rotatable bonds is 6. The Labute approximate surface area is 126 Å². The second kappa shape index (κ2) is 7.20. The molecule has 1 unspecified atom stereocenters. The molecule has 0 aromatic heterocycles. The topological polar surface area (TPSA) is 21.6 Å². The van der Waals surface area contributed by atoms with Crippen LogP contribution < -0.4 is 0 Å². The van der Waals surface area contributed by atoms with Gasteiger partial charge in [-0.3, -0.25) is 4.99 Å². The van der Waals surface area contributed by atoms with Crippen LogP contribution in [0.1, 0.15) is 42.3 Å². The zero-order valence-corrected chi connectivity index (χ0v) is 11.7. The monoisotopic (exact) mass is 272 g/mol. The number of nitrogens with zero attached hydrogens (tertiary/aromatic N) is 1. The van der Waals surface area contributed by atoms with Crippen molar-refractivity contribution in [3.8, 4) is 0 Å². The van der Waals surface area contributed by atoms with Gasteiger partial charge < -0.3 is 4.74 Å². The Bertz CT molecular complexity index is 583. The van der Waals surface area contributed by atoms with Crippen LogP contribution in [0.25, 0.3) is 0 Å². The van der Waals surface area contributed by atoms with Crippen LogP contribution in [0.4, 0.5) is 0 Å². The van der Waals surface area contributed by atoms with E-state index in [1.54, 1.807) is 0 Å². The molecule has 20 heavy (non-hydrogen) atoms. The highest BCUT2D eigenvalue weighted by atomic mass is 16.5. The van der Waals surface area contributed by atoms with Gasteiger partial charge >= 0.3 is 0 Å². The largest absolute Gasteiger partial charge is 0.374 e. The SMILES string of the molecule is [2H]CCCCC1(OC[2H])C=CC(N=C([2H])c2ccccc2)=CC1. The molecule has 0 spiro atoms. The molecule has 0 aliphatic heterocycles. The van der Waals surface area contributed by atoms with Crippen molar-refractivity contribution in [2.24, 2.45) is 4.99 Å². The van der Waals surface area contributed by atoms with Crippen molar-refractivity contribution in [2.75, 3.05) is 7.09 Å². The van der Waals surface area contributed by atoms with Crippen LogP contribution in [0.2, 0.25) is 0 Å². The molecule has 0 radical (unpaired) electrons. The van der Waals surface area contributed by atoms with Crippen molar-refractivity contribution >= 4 is 6.19 Å². The number of ether oxygens (including phenoxy) is 1. The zero-order valence-electron chi connectivity index (χ0n) is 14.7. The molecule has 0 heterocycles. The third-order valence-corrected chi connectivity index (χ3v) is 3.44. The first kappa shape index (κ1) is 11.0. The van der Waals surface area contributed by atoms with E-state index in [2.05, 4.69) is 4.99 Å². The first-order valence-electron chi connectivity index (χ1n) is 8.83. The lowest BCUT2D eigenvalue weighted by Crippen LogP contribution is -2.29. The zero-order chi connectivity index (χ0) is 16.5. The van der Waals surface area contributed by atoms with Crippen molar-refractivity contribution in [3.63, 3.8) is 0 Å². The van der Waals surface area contributed by atoms with Gasteiger partial charge in [-0.25, -0.2) is 0 Å². The number of unbranched alkanes of at least 4 members (excludes halogenated alkanes) is 1. The molecule has 1 atom stereocenters.